The van der Waals surface area contributed by atoms with E-state index in [0.29, 0.717) is 40.0 Å². The van der Waals surface area contributed by atoms with E-state index in [0.717, 1.165) is 30.9 Å². The number of sulfone groups is 1. The molecule has 0 amide bonds. The average molecular weight is 633 g/mol. The first kappa shape index (κ1) is 29.6. The molecule has 3 aromatic heterocycles. The van der Waals surface area contributed by atoms with Gasteiger partial charge >= 0.3 is 0 Å². The molecule has 0 spiro atoms. The predicted molar refractivity (Wildman–Crippen MR) is 177 cm³/mol. The highest BCUT2D eigenvalue weighted by atomic mass is 32.2. The molecule has 0 atom stereocenters. The minimum absolute atomic E-state index is 0.0406. The first-order valence-corrected chi connectivity index (χ1v) is 16.8. The molecular weight excluding hydrogens is 600 g/mol. The van der Waals surface area contributed by atoms with Crippen LogP contribution in [0.1, 0.15) is 25.3 Å². The fraction of sp³-hybridized carbons (Fsp3) is 0.200. The van der Waals surface area contributed by atoms with E-state index in [1.54, 1.807) is 47.1 Å². The molecule has 0 aliphatic carbocycles. The lowest BCUT2D eigenvalue weighted by Crippen LogP contribution is -2.18. The van der Waals surface area contributed by atoms with Crippen LogP contribution in [0.15, 0.2) is 107 Å². The van der Waals surface area contributed by atoms with Crippen molar-refractivity contribution in [2.75, 3.05) is 13.1 Å². The second-order valence-electron chi connectivity index (χ2n) is 11.5. The van der Waals surface area contributed by atoms with E-state index in [9.17, 15) is 18.5 Å². The molecule has 0 radical (unpaired) electrons. The number of hydrogen-bond acceptors (Lipinski definition) is 7. The molecule has 1 aliphatic rings. The molecule has 3 aromatic carbocycles. The minimum atomic E-state index is -4.01. The summed E-state index contributed by atoms with van der Waals surface area (Å²) in [6, 6.07) is 24.8. The number of aromatic amines is 1. The number of rotatable bonds is 9. The molecule has 7 rings (SSSR count). The zero-order chi connectivity index (χ0) is 31.8. The van der Waals surface area contributed by atoms with Gasteiger partial charge in [0.1, 0.15) is 11.3 Å². The monoisotopic (exact) mass is 632 g/mol. The topological polar surface area (TPSA) is 127 Å². The van der Waals surface area contributed by atoms with Crippen molar-refractivity contribution in [2.24, 2.45) is 0 Å². The van der Waals surface area contributed by atoms with Crippen LogP contribution in [0.2, 0.25) is 0 Å². The number of likely N-dealkylation sites (tertiary alicyclic amines) is 1. The smallest absolute Gasteiger partial charge is 0.269 e. The number of nitro benzene ring substituents is 1. The van der Waals surface area contributed by atoms with E-state index in [4.69, 9.17) is 5.10 Å². The van der Waals surface area contributed by atoms with Gasteiger partial charge < -0.3 is 4.98 Å². The number of nitro groups is 1. The number of hydrogen-bond donors (Lipinski definition) is 1. The largest absolute Gasteiger partial charge is 0.339 e. The maximum atomic E-state index is 14.2. The van der Waals surface area contributed by atoms with Crippen LogP contribution in [0.4, 0.5) is 5.69 Å². The minimum Gasteiger partial charge on any atom is -0.339 e. The zero-order valence-corrected chi connectivity index (χ0v) is 26.1. The Morgan fingerprint density at radius 3 is 2.41 bits per heavy atom. The molecule has 1 saturated heterocycles. The lowest BCUT2D eigenvalue weighted by atomic mass is 9.99. The first-order chi connectivity index (χ1) is 22.3. The van der Waals surface area contributed by atoms with Gasteiger partial charge in [-0.05, 0) is 80.4 Å². The number of aryl methyl sites for hydroxylation is 1. The Kier molecular flexibility index (Phi) is 7.71. The summed E-state index contributed by atoms with van der Waals surface area (Å²) < 4.78 is 30.2. The molecule has 46 heavy (non-hydrogen) atoms. The molecule has 232 valence electrons. The van der Waals surface area contributed by atoms with Crippen LogP contribution in [-0.2, 0) is 22.9 Å². The molecule has 1 aliphatic heterocycles. The number of H-pyrrole nitrogens is 1. The average Bonchev–Trinajstić information content (AvgIpc) is 3.85. The van der Waals surface area contributed by atoms with E-state index < -0.39 is 14.8 Å². The standard InChI is InChI=1S/C35H32N6O4S/c1-2-40-23-30(34(38-40)25-13-15-27(16-14-25)41(42)43)33-29-20-31(26-10-8-9-24(19-26)22-39-17-6-7-18-39)37-35(29)36-21-32(33)46(44,45)28-11-4-3-5-12-28/h3-5,8-16,19-21,23H,2,6-7,17-18,22H2,1H3,(H,36,37). The van der Waals surface area contributed by atoms with Gasteiger partial charge in [0.2, 0.25) is 9.84 Å². The fourth-order valence-electron chi connectivity index (χ4n) is 6.18. The molecule has 0 unspecified atom stereocenters. The molecule has 4 heterocycles. The van der Waals surface area contributed by atoms with E-state index in [-0.39, 0.29) is 15.5 Å². The van der Waals surface area contributed by atoms with E-state index >= 15 is 0 Å². The van der Waals surface area contributed by atoms with Gasteiger partial charge in [-0.1, -0.05) is 36.4 Å². The Labute approximate surface area is 266 Å². The van der Waals surface area contributed by atoms with Gasteiger partial charge in [0.05, 0.1) is 14.7 Å². The summed E-state index contributed by atoms with van der Waals surface area (Å²) >= 11 is 0. The van der Waals surface area contributed by atoms with Gasteiger partial charge in [-0.2, -0.15) is 5.10 Å². The maximum Gasteiger partial charge on any atom is 0.269 e. The SMILES string of the molecule is CCn1cc(-c2c(S(=O)(=O)c3ccccc3)cnc3[nH]c(-c4cccc(CN5CCCC5)c4)cc23)c(-c2ccc([N+](=O)[O-])cc2)n1. The van der Waals surface area contributed by atoms with Crippen molar-refractivity contribution >= 4 is 26.6 Å². The number of pyridine rings is 1. The molecule has 11 heteroatoms. The summed E-state index contributed by atoms with van der Waals surface area (Å²) in [5.41, 5.74) is 5.72. The number of nitrogens with one attached hydrogen (secondary N) is 1. The first-order valence-electron chi connectivity index (χ1n) is 15.3. The molecule has 1 N–H and O–H groups in total. The lowest BCUT2D eigenvalue weighted by Gasteiger charge is -2.14. The number of nitrogens with zero attached hydrogens (tertiary/aromatic N) is 5. The molecule has 0 saturated carbocycles. The third-order valence-electron chi connectivity index (χ3n) is 8.52. The number of aromatic nitrogens is 4. The summed E-state index contributed by atoms with van der Waals surface area (Å²) in [4.78, 5) is 21.6. The van der Waals surface area contributed by atoms with Crippen LogP contribution in [0.25, 0.3) is 44.7 Å². The third kappa shape index (κ3) is 5.48. The van der Waals surface area contributed by atoms with E-state index in [1.807, 2.05) is 31.3 Å². The van der Waals surface area contributed by atoms with Crippen LogP contribution in [-0.4, -0.2) is 51.1 Å². The van der Waals surface area contributed by atoms with Crippen LogP contribution in [0.5, 0.6) is 0 Å². The Morgan fingerprint density at radius 1 is 0.935 bits per heavy atom. The lowest BCUT2D eigenvalue weighted by molar-refractivity contribution is -0.384. The van der Waals surface area contributed by atoms with Gasteiger partial charge in [0.25, 0.3) is 5.69 Å². The Bertz CT molecular complexity index is 2170. The van der Waals surface area contributed by atoms with E-state index in [1.165, 1.54) is 36.7 Å². The normalized spacial score (nSPS) is 13.8. The number of non-ortho nitro benzene ring substituents is 1. The van der Waals surface area contributed by atoms with Crippen LogP contribution >= 0.6 is 0 Å². The highest BCUT2D eigenvalue weighted by Gasteiger charge is 2.28. The van der Waals surface area contributed by atoms with Crippen molar-refractivity contribution in [3.8, 4) is 33.6 Å². The van der Waals surface area contributed by atoms with Gasteiger partial charge in [-0.3, -0.25) is 19.7 Å². The molecular formula is C35H32N6O4S. The van der Waals surface area contributed by atoms with Crippen LogP contribution in [0.3, 0.4) is 0 Å². The van der Waals surface area contributed by atoms with Gasteiger partial charge in [-0.25, -0.2) is 13.4 Å². The Morgan fingerprint density at radius 2 is 1.70 bits per heavy atom. The second-order valence-corrected chi connectivity index (χ2v) is 13.4. The highest BCUT2D eigenvalue weighted by molar-refractivity contribution is 7.91. The van der Waals surface area contributed by atoms with Crippen molar-refractivity contribution in [1.82, 2.24) is 24.6 Å². The number of benzene rings is 3. The van der Waals surface area contributed by atoms with Crippen molar-refractivity contribution in [2.45, 2.75) is 42.6 Å². The van der Waals surface area contributed by atoms with Crippen molar-refractivity contribution < 1.29 is 13.3 Å². The van der Waals surface area contributed by atoms with Crippen LogP contribution in [0, 0.1) is 10.1 Å². The van der Waals surface area contributed by atoms with Crippen molar-refractivity contribution in [3.63, 3.8) is 0 Å². The Hall–Kier alpha value is -5.13. The quantitative estimate of drug-likeness (QED) is 0.133. The summed E-state index contributed by atoms with van der Waals surface area (Å²) in [5, 5.41) is 16.8. The molecule has 6 aromatic rings. The fourth-order valence-corrected chi connectivity index (χ4v) is 7.63. The molecule has 1 fully saturated rings. The van der Waals surface area contributed by atoms with Crippen LogP contribution < -0.4 is 0 Å². The summed E-state index contributed by atoms with van der Waals surface area (Å²) in [6.45, 7) is 5.57. The third-order valence-corrected chi connectivity index (χ3v) is 10.3. The zero-order valence-electron chi connectivity index (χ0n) is 25.3. The number of fused-ring (bicyclic) bond motifs is 1. The highest BCUT2D eigenvalue weighted by Crippen LogP contribution is 2.42. The van der Waals surface area contributed by atoms with Gasteiger partial charge in [0, 0.05) is 65.4 Å². The second kappa shape index (κ2) is 12.0. The summed E-state index contributed by atoms with van der Waals surface area (Å²) in [6.07, 6.45) is 5.69. The van der Waals surface area contributed by atoms with Gasteiger partial charge in [-0.15, -0.1) is 0 Å². The Balaban J connectivity index is 1.44. The molecule has 0 bridgehead atoms. The molecule has 10 nitrogen and oxygen atoms in total. The summed E-state index contributed by atoms with van der Waals surface area (Å²) in [7, 11) is -4.01. The van der Waals surface area contributed by atoms with Crippen molar-refractivity contribution in [3.05, 3.63) is 113 Å². The maximum absolute atomic E-state index is 14.2. The van der Waals surface area contributed by atoms with Crippen molar-refractivity contribution in [1.29, 1.82) is 0 Å². The summed E-state index contributed by atoms with van der Waals surface area (Å²) in [5.74, 6) is 0. The van der Waals surface area contributed by atoms with E-state index in [2.05, 4.69) is 27.0 Å². The van der Waals surface area contributed by atoms with Gasteiger partial charge in [0.15, 0.2) is 0 Å². The predicted octanol–water partition coefficient (Wildman–Crippen LogP) is 7.12.